The number of aromatic carboxylic acids is 1. The van der Waals surface area contributed by atoms with Gasteiger partial charge in [-0.05, 0) is 12.1 Å². The van der Waals surface area contributed by atoms with Gasteiger partial charge in [0.25, 0.3) is 0 Å². The van der Waals surface area contributed by atoms with Crippen LogP contribution in [0.3, 0.4) is 0 Å². The summed E-state index contributed by atoms with van der Waals surface area (Å²) >= 11 is 0. The minimum atomic E-state index is -1.26. The summed E-state index contributed by atoms with van der Waals surface area (Å²) in [7, 11) is 0. The predicted molar refractivity (Wildman–Crippen MR) is 76.2 cm³/mol. The van der Waals surface area contributed by atoms with Gasteiger partial charge in [0.05, 0.1) is 6.54 Å². The van der Waals surface area contributed by atoms with Crippen LogP contribution in [-0.2, 0) is 9.59 Å². The molecule has 0 fully saturated rings. The zero-order chi connectivity index (χ0) is 16.2. The number of carboxylic acids is 1. The number of rotatable bonds is 4. The summed E-state index contributed by atoms with van der Waals surface area (Å²) in [5.41, 5.74) is -0.608. The zero-order valence-electron chi connectivity index (χ0n) is 12.1. The molecule has 0 unspecified atom stereocenters. The Bertz CT molecular complexity index is 575. The summed E-state index contributed by atoms with van der Waals surface area (Å²) in [5.74, 6) is -2.45. The van der Waals surface area contributed by atoms with Crippen molar-refractivity contribution < 1.29 is 24.6 Å². The summed E-state index contributed by atoms with van der Waals surface area (Å²) in [4.78, 5) is 34.0. The monoisotopic (exact) mass is 294 g/mol. The van der Waals surface area contributed by atoms with Crippen LogP contribution in [-0.4, -0.2) is 34.5 Å². The number of nitrogens with one attached hydrogen (secondary N) is 2. The lowest BCUT2D eigenvalue weighted by Crippen LogP contribution is -2.39. The quantitative estimate of drug-likeness (QED) is 0.665. The fraction of sp³-hybridized carbons (Fsp3) is 0.357. The van der Waals surface area contributed by atoms with Crippen molar-refractivity contribution >= 4 is 23.5 Å². The molecule has 7 heteroatoms. The molecule has 0 aliphatic carbocycles. The maximum Gasteiger partial charge on any atom is 0.339 e. The van der Waals surface area contributed by atoms with Crippen LogP contribution >= 0.6 is 0 Å². The number of carbonyl (C=O) groups is 3. The van der Waals surface area contributed by atoms with Gasteiger partial charge in [-0.25, -0.2) is 4.79 Å². The van der Waals surface area contributed by atoms with Crippen LogP contribution in [0.15, 0.2) is 18.2 Å². The molecule has 0 heterocycles. The molecule has 0 aromatic heterocycles. The van der Waals surface area contributed by atoms with E-state index >= 15 is 0 Å². The number of hydrogen-bond donors (Lipinski definition) is 4. The minimum absolute atomic E-state index is 0.211. The normalized spacial score (nSPS) is 10.8. The van der Waals surface area contributed by atoms with E-state index in [0.717, 1.165) is 6.07 Å². The Morgan fingerprint density at radius 1 is 1.19 bits per heavy atom. The van der Waals surface area contributed by atoms with E-state index in [1.165, 1.54) is 12.1 Å². The Balaban J connectivity index is 2.62. The largest absolute Gasteiger partial charge is 0.507 e. The highest BCUT2D eigenvalue weighted by Crippen LogP contribution is 2.21. The molecule has 114 valence electrons. The number of carboxylic acid groups (broad SMARTS) is 1. The molecule has 21 heavy (non-hydrogen) atoms. The van der Waals surface area contributed by atoms with Crippen molar-refractivity contribution in [2.45, 2.75) is 20.8 Å². The van der Waals surface area contributed by atoms with E-state index in [9.17, 15) is 19.5 Å². The predicted octanol–water partition coefficient (Wildman–Crippen LogP) is 1.19. The van der Waals surface area contributed by atoms with Gasteiger partial charge in [-0.15, -0.1) is 0 Å². The molecule has 0 bridgehead atoms. The number of benzene rings is 1. The van der Waals surface area contributed by atoms with Crippen molar-refractivity contribution in [2.24, 2.45) is 5.41 Å². The number of carbonyl (C=O) groups excluding carboxylic acids is 2. The molecule has 1 aromatic carbocycles. The van der Waals surface area contributed by atoms with Gasteiger partial charge in [-0.3, -0.25) is 9.59 Å². The summed E-state index contributed by atoms with van der Waals surface area (Å²) in [6.07, 6.45) is 0. The number of anilines is 1. The topological polar surface area (TPSA) is 116 Å². The zero-order valence-corrected chi connectivity index (χ0v) is 12.1. The van der Waals surface area contributed by atoms with Crippen molar-refractivity contribution in [3.05, 3.63) is 23.8 Å². The lowest BCUT2D eigenvalue weighted by Gasteiger charge is -2.17. The minimum Gasteiger partial charge on any atom is -0.507 e. The molecule has 1 aromatic rings. The summed E-state index contributed by atoms with van der Waals surface area (Å²) < 4.78 is 0. The van der Waals surface area contributed by atoms with Gasteiger partial charge >= 0.3 is 5.97 Å². The van der Waals surface area contributed by atoms with Gasteiger partial charge in [-0.2, -0.15) is 0 Å². The second-order valence-electron chi connectivity index (χ2n) is 5.52. The second kappa shape index (κ2) is 6.25. The third-order valence-corrected chi connectivity index (χ3v) is 2.60. The number of phenols is 1. The molecule has 7 nitrogen and oxygen atoms in total. The Morgan fingerprint density at radius 2 is 1.81 bits per heavy atom. The lowest BCUT2D eigenvalue weighted by molar-refractivity contribution is -0.130. The highest BCUT2D eigenvalue weighted by molar-refractivity contribution is 5.96. The molecule has 0 aliphatic heterocycles. The van der Waals surface area contributed by atoms with Crippen LogP contribution in [0.2, 0.25) is 0 Å². The standard InChI is InChI=1S/C14H18N2O5/c1-14(2,3)13(21)15-7-11(18)16-8-4-5-9(12(19)20)10(17)6-8/h4-6,17H,7H2,1-3H3,(H,15,21)(H,16,18)(H,19,20). The van der Waals surface area contributed by atoms with Gasteiger partial charge < -0.3 is 20.8 Å². The first-order valence-electron chi connectivity index (χ1n) is 6.25. The van der Waals surface area contributed by atoms with Crippen LogP contribution in [0.5, 0.6) is 5.75 Å². The van der Waals surface area contributed by atoms with E-state index in [1.807, 2.05) is 0 Å². The van der Waals surface area contributed by atoms with E-state index < -0.39 is 23.0 Å². The first kappa shape index (κ1) is 16.5. The maximum atomic E-state index is 11.7. The highest BCUT2D eigenvalue weighted by Gasteiger charge is 2.21. The molecule has 1 rings (SSSR count). The van der Waals surface area contributed by atoms with Crippen molar-refractivity contribution in [3.63, 3.8) is 0 Å². The molecular weight excluding hydrogens is 276 g/mol. The van der Waals surface area contributed by atoms with E-state index in [-0.39, 0.29) is 23.7 Å². The summed E-state index contributed by atoms with van der Waals surface area (Å²) in [6, 6.07) is 3.67. The number of aromatic hydroxyl groups is 1. The average molecular weight is 294 g/mol. The maximum absolute atomic E-state index is 11.7. The number of amides is 2. The highest BCUT2D eigenvalue weighted by atomic mass is 16.4. The molecule has 0 saturated heterocycles. The van der Waals surface area contributed by atoms with Crippen LogP contribution in [0.4, 0.5) is 5.69 Å². The molecule has 0 atom stereocenters. The SMILES string of the molecule is CC(C)(C)C(=O)NCC(=O)Nc1ccc(C(=O)O)c(O)c1. The molecule has 0 aliphatic rings. The van der Waals surface area contributed by atoms with Crippen molar-refractivity contribution in [2.75, 3.05) is 11.9 Å². The van der Waals surface area contributed by atoms with Gasteiger partial charge in [-0.1, -0.05) is 20.8 Å². The summed E-state index contributed by atoms with van der Waals surface area (Å²) in [5, 5.41) is 23.2. The Hall–Kier alpha value is -2.57. The van der Waals surface area contributed by atoms with Gasteiger partial charge in [0.15, 0.2) is 0 Å². The van der Waals surface area contributed by atoms with Gasteiger partial charge in [0, 0.05) is 17.2 Å². The van der Waals surface area contributed by atoms with E-state index in [4.69, 9.17) is 5.11 Å². The molecular formula is C14H18N2O5. The Labute approximate surface area is 122 Å². The third-order valence-electron chi connectivity index (χ3n) is 2.60. The Morgan fingerprint density at radius 3 is 2.29 bits per heavy atom. The first-order chi connectivity index (χ1) is 9.61. The molecule has 0 spiro atoms. The lowest BCUT2D eigenvalue weighted by atomic mass is 9.96. The van der Waals surface area contributed by atoms with Crippen molar-refractivity contribution in [1.29, 1.82) is 0 Å². The third kappa shape index (κ3) is 4.79. The summed E-state index contributed by atoms with van der Waals surface area (Å²) in [6.45, 7) is 4.96. The average Bonchev–Trinajstić information content (AvgIpc) is 2.34. The van der Waals surface area contributed by atoms with Gasteiger partial charge in [0.2, 0.25) is 11.8 Å². The van der Waals surface area contributed by atoms with Crippen LogP contribution in [0.1, 0.15) is 31.1 Å². The smallest absolute Gasteiger partial charge is 0.339 e. The van der Waals surface area contributed by atoms with E-state index in [0.29, 0.717) is 0 Å². The molecule has 2 amide bonds. The van der Waals surface area contributed by atoms with Crippen LogP contribution in [0.25, 0.3) is 0 Å². The van der Waals surface area contributed by atoms with E-state index in [1.54, 1.807) is 20.8 Å². The van der Waals surface area contributed by atoms with Crippen molar-refractivity contribution in [3.8, 4) is 5.75 Å². The number of hydrogen-bond acceptors (Lipinski definition) is 4. The second-order valence-corrected chi connectivity index (χ2v) is 5.52. The van der Waals surface area contributed by atoms with Gasteiger partial charge in [0.1, 0.15) is 11.3 Å². The molecule has 0 saturated carbocycles. The fourth-order valence-electron chi connectivity index (χ4n) is 1.42. The van der Waals surface area contributed by atoms with Crippen molar-refractivity contribution in [1.82, 2.24) is 5.32 Å². The first-order valence-corrected chi connectivity index (χ1v) is 6.25. The fourth-order valence-corrected chi connectivity index (χ4v) is 1.42. The van der Waals surface area contributed by atoms with Crippen LogP contribution < -0.4 is 10.6 Å². The van der Waals surface area contributed by atoms with E-state index in [2.05, 4.69) is 10.6 Å². The molecule has 0 radical (unpaired) electrons. The Kier molecular flexibility index (Phi) is 4.91. The van der Waals surface area contributed by atoms with Crippen LogP contribution in [0, 0.1) is 5.41 Å². The molecule has 4 N–H and O–H groups in total.